The van der Waals surface area contributed by atoms with Gasteiger partial charge in [0, 0.05) is 25.7 Å². The average Bonchev–Trinajstić information content (AvgIpc) is 3.14. The molecule has 1 amide bonds. The number of nitrogens with one attached hydrogen (secondary N) is 2. The van der Waals surface area contributed by atoms with Crippen LogP contribution in [-0.2, 0) is 4.74 Å². The second kappa shape index (κ2) is 8.47. The molecule has 0 spiro atoms. The summed E-state index contributed by atoms with van der Waals surface area (Å²) in [5.74, 6) is 0. The molecule has 0 aliphatic heterocycles. The van der Waals surface area contributed by atoms with Gasteiger partial charge in [0.2, 0.25) is 0 Å². The van der Waals surface area contributed by atoms with Gasteiger partial charge < -0.3 is 15.4 Å². The van der Waals surface area contributed by atoms with Crippen LogP contribution in [0.25, 0.3) is 0 Å². The van der Waals surface area contributed by atoms with Crippen molar-refractivity contribution in [3.8, 4) is 0 Å². The molecule has 0 heterocycles. The molecule has 118 valence electrons. The Balaban J connectivity index is 1.90. The van der Waals surface area contributed by atoms with Gasteiger partial charge in [0.05, 0.1) is 0 Å². The van der Waals surface area contributed by atoms with Crippen molar-refractivity contribution in [1.82, 2.24) is 15.5 Å². The lowest BCUT2D eigenvalue weighted by atomic mass is 10.2. The zero-order chi connectivity index (χ0) is 15.0. The number of rotatable bonds is 9. The van der Waals surface area contributed by atoms with Crippen LogP contribution >= 0.6 is 0 Å². The van der Waals surface area contributed by atoms with Gasteiger partial charge in [0.15, 0.2) is 0 Å². The maximum absolute atomic E-state index is 11.4. The smallest absolute Gasteiger partial charge is 0.407 e. The van der Waals surface area contributed by atoms with E-state index in [4.69, 9.17) is 4.74 Å². The van der Waals surface area contributed by atoms with Crippen LogP contribution in [0.2, 0.25) is 0 Å². The van der Waals surface area contributed by atoms with Crippen LogP contribution in [0.1, 0.15) is 47.0 Å². The molecular weight excluding hydrogens is 254 g/mol. The minimum absolute atomic E-state index is 0.330. The molecule has 0 aromatic rings. The molecule has 1 aliphatic carbocycles. The molecule has 20 heavy (non-hydrogen) atoms. The highest BCUT2D eigenvalue weighted by Crippen LogP contribution is 2.25. The van der Waals surface area contributed by atoms with E-state index in [-0.39, 0.29) is 6.09 Å². The Morgan fingerprint density at radius 1 is 1.25 bits per heavy atom. The van der Waals surface area contributed by atoms with Gasteiger partial charge >= 0.3 is 6.09 Å². The van der Waals surface area contributed by atoms with Crippen molar-refractivity contribution in [2.45, 2.75) is 58.6 Å². The third-order valence-electron chi connectivity index (χ3n) is 3.24. The maximum atomic E-state index is 11.4. The molecule has 0 saturated heterocycles. The van der Waals surface area contributed by atoms with Crippen LogP contribution in [0, 0.1) is 0 Å². The zero-order valence-electron chi connectivity index (χ0n) is 13.5. The number of ether oxygens (including phenoxy) is 1. The Kier molecular flexibility index (Phi) is 7.30. The van der Waals surface area contributed by atoms with E-state index in [0.717, 1.165) is 38.6 Å². The molecule has 2 N–H and O–H groups in total. The number of hydrogen-bond acceptors (Lipinski definition) is 4. The Morgan fingerprint density at radius 3 is 2.50 bits per heavy atom. The Labute approximate surface area is 123 Å². The van der Waals surface area contributed by atoms with E-state index in [0.29, 0.717) is 6.54 Å². The summed E-state index contributed by atoms with van der Waals surface area (Å²) in [6.07, 6.45) is 3.33. The van der Waals surface area contributed by atoms with Crippen molar-refractivity contribution < 1.29 is 9.53 Å². The highest BCUT2D eigenvalue weighted by Gasteiger charge is 2.26. The molecule has 1 aliphatic rings. The molecule has 5 nitrogen and oxygen atoms in total. The van der Waals surface area contributed by atoms with E-state index in [2.05, 4.69) is 22.5 Å². The summed E-state index contributed by atoms with van der Waals surface area (Å²) in [6, 6.07) is 0.843. The number of carbonyl (C=O) groups excluding carboxylic acids is 1. The third kappa shape index (κ3) is 8.38. The van der Waals surface area contributed by atoms with Gasteiger partial charge in [-0.1, -0.05) is 6.92 Å². The molecule has 1 rings (SSSR count). The van der Waals surface area contributed by atoms with E-state index >= 15 is 0 Å². The van der Waals surface area contributed by atoms with Crippen molar-refractivity contribution in [3.05, 3.63) is 0 Å². The highest BCUT2D eigenvalue weighted by atomic mass is 16.6. The van der Waals surface area contributed by atoms with Gasteiger partial charge in [0.1, 0.15) is 5.60 Å². The van der Waals surface area contributed by atoms with Crippen molar-refractivity contribution >= 4 is 6.09 Å². The minimum Gasteiger partial charge on any atom is -0.444 e. The fourth-order valence-corrected chi connectivity index (χ4v) is 2.10. The summed E-state index contributed by atoms with van der Waals surface area (Å²) >= 11 is 0. The summed E-state index contributed by atoms with van der Waals surface area (Å²) in [5, 5.41) is 6.19. The van der Waals surface area contributed by atoms with E-state index in [9.17, 15) is 4.79 Å². The standard InChI is InChI=1S/C15H31N3O2/c1-5-18(13-7-8-13)12-11-16-9-6-10-17-14(19)20-15(2,3)4/h13,16H,5-12H2,1-4H3,(H,17,19). The Bertz CT molecular complexity index is 285. The lowest BCUT2D eigenvalue weighted by Gasteiger charge is -2.20. The highest BCUT2D eigenvalue weighted by molar-refractivity contribution is 5.67. The topological polar surface area (TPSA) is 53.6 Å². The first-order chi connectivity index (χ1) is 9.42. The molecule has 5 heteroatoms. The quantitative estimate of drug-likeness (QED) is 0.636. The predicted molar refractivity (Wildman–Crippen MR) is 82.0 cm³/mol. The third-order valence-corrected chi connectivity index (χ3v) is 3.24. The number of nitrogens with zero attached hydrogens (tertiary/aromatic N) is 1. The second-order valence-corrected chi connectivity index (χ2v) is 6.39. The second-order valence-electron chi connectivity index (χ2n) is 6.39. The lowest BCUT2D eigenvalue weighted by molar-refractivity contribution is 0.0527. The summed E-state index contributed by atoms with van der Waals surface area (Å²) in [5.41, 5.74) is -0.422. The fraction of sp³-hybridized carbons (Fsp3) is 0.933. The van der Waals surface area contributed by atoms with Crippen LogP contribution in [0.15, 0.2) is 0 Å². The van der Waals surface area contributed by atoms with Gasteiger partial charge in [-0.2, -0.15) is 0 Å². The monoisotopic (exact) mass is 285 g/mol. The van der Waals surface area contributed by atoms with Gasteiger partial charge in [0.25, 0.3) is 0 Å². The number of carbonyl (C=O) groups is 1. The van der Waals surface area contributed by atoms with Crippen molar-refractivity contribution in [2.24, 2.45) is 0 Å². The van der Waals surface area contributed by atoms with Crippen LogP contribution < -0.4 is 10.6 Å². The van der Waals surface area contributed by atoms with E-state index in [1.54, 1.807) is 0 Å². The van der Waals surface area contributed by atoms with Crippen LogP contribution in [-0.4, -0.2) is 55.4 Å². The molecule has 0 aromatic carbocycles. The van der Waals surface area contributed by atoms with Crippen LogP contribution in [0.5, 0.6) is 0 Å². The lowest BCUT2D eigenvalue weighted by Crippen LogP contribution is -2.36. The van der Waals surface area contributed by atoms with Gasteiger partial charge in [-0.15, -0.1) is 0 Å². The van der Waals surface area contributed by atoms with Crippen molar-refractivity contribution in [1.29, 1.82) is 0 Å². The first-order valence-electron chi connectivity index (χ1n) is 7.84. The van der Waals surface area contributed by atoms with Gasteiger partial charge in [-0.3, -0.25) is 4.90 Å². The number of alkyl carbamates (subject to hydrolysis) is 1. The summed E-state index contributed by atoms with van der Waals surface area (Å²) in [7, 11) is 0. The normalized spacial score (nSPS) is 15.4. The van der Waals surface area contributed by atoms with Crippen LogP contribution in [0.4, 0.5) is 4.79 Å². The fourth-order valence-electron chi connectivity index (χ4n) is 2.10. The molecule has 0 bridgehead atoms. The largest absolute Gasteiger partial charge is 0.444 e. The average molecular weight is 285 g/mol. The Hall–Kier alpha value is -0.810. The minimum atomic E-state index is -0.422. The number of likely N-dealkylation sites (N-methyl/N-ethyl adjacent to an activating group) is 1. The number of amides is 1. The molecular formula is C15H31N3O2. The van der Waals surface area contributed by atoms with E-state index < -0.39 is 5.60 Å². The molecule has 0 aromatic heterocycles. The van der Waals surface area contributed by atoms with Gasteiger partial charge in [-0.05, 0) is 53.1 Å². The molecule has 0 unspecified atom stereocenters. The van der Waals surface area contributed by atoms with E-state index in [1.165, 1.54) is 12.8 Å². The predicted octanol–water partition coefficient (Wildman–Crippen LogP) is 1.98. The summed E-state index contributed by atoms with van der Waals surface area (Å²) in [4.78, 5) is 13.9. The maximum Gasteiger partial charge on any atom is 0.407 e. The van der Waals surface area contributed by atoms with Crippen LogP contribution in [0.3, 0.4) is 0 Å². The summed E-state index contributed by atoms with van der Waals surface area (Å²) in [6.45, 7) is 12.7. The number of hydrogen-bond donors (Lipinski definition) is 2. The molecule has 1 saturated carbocycles. The Morgan fingerprint density at radius 2 is 1.95 bits per heavy atom. The zero-order valence-corrected chi connectivity index (χ0v) is 13.5. The summed E-state index contributed by atoms with van der Waals surface area (Å²) < 4.78 is 5.17. The molecule has 0 radical (unpaired) electrons. The first kappa shape index (κ1) is 17.2. The molecule has 1 fully saturated rings. The van der Waals surface area contributed by atoms with Crippen molar-refractivity contribution in [3.63, 3.8) is 0 Å². The molecule has 0 atom stereocenters. The SMILES string of the molecule is CCN(CCNCCCNC(=O)OC(C)(C)C)C1CC1. The van der Waals surface area contributed by atoms with Gasteiger partial charge in [-0.25, -0.2) is 4.79 Å². The van der Waals surface area contributed by atoms with E-state index in [1.807, 2.05) is 20.8 Å². The first-order valence-corrected chi connectivity index (χ1v) is 7.84. The van der Waals surface area contributed by atoms with Crippen molar-refractivity contribution in [2.75, 3.05) is 32.7 Å².